The third kappa shape index (κ3) is 4.55. The van der Waals surface area contributed by atoms with E-state index in [1.165, 1.54) is 57.4 Å². The maximum atomic E-state index is 12.7. The van der Waals surface area contributed by atoms with Crippen LogP contribution in [0.5, 0.6) is 0 Å². The Morgan fingerprint density at radius 3 is 2.58 bits per heavy atom. The molecule has 4 aliphatic rings. The van der Waals surface area contributed by atoms with Crippen molar-refractivity contribution in [3.8, 4) is 0 Å². The molecule has 5 rings (SSSR count). The molecule has 1 aliphatic carbocycles. The number of nitrogens with zero attached hydrogens (tertiary/aromatic N) is 4. The average molecular weight is 430 g/mol. The number of hydrogen-bond donors (Lipinski definition) is 1. The molecule has 0 aromatic carbocycles. The van der Waals surface area contributed by atoms with E-state index in [0.29, 0.717) is 18.2 Å². The van der Waals surface area contributed by atoms with Gasteiger partial charge in [0, 0.05) is 50.4 Å². The molecule has 3 fully saturated rings. The number of aryl methyl sites for hydroxylation is 1. The summed E-state index contributed by atoms with van der Waals surface area (Å²) in [4.78, 5) is 18.0. The van der Waals surface area contributed by atoms with Crippen LogP contribution in [0.25, 0.3) is 0 Å². The topological polar surface area (TPSA) is 62.6 Å². The Bertz CT molecular complexity index is 786. The molecule has 0 atom stereocenters. The van der Waals surface area contributed by atoms with Crippen molar-refractivity contribution in [1.29, 1.82) is 0 Å². The number of piperidine rings is 2. The summed E-state index contributed by atoms with van der Waals surface area (Å²) in [5.41, 5.74) is 2.70. The molecule has 0 bridgehead atoms. The number of rotatable bonds is 6. The first-order valence-electron chi connectivity index (χ1n) is 12.5. The summed E-state index contributed by atoms with van der Waals surface area (Å²) < 4.78 is 8.42. The van der Waals surface area contributed by atoms with Crippen molar-refractivity contribution in [3.63, 3.8) is 0 Å². The number of fused-ring (bicyclic) bond motifs is 1. The second-order valence-corrected chi connectivity index (χ2v) is 10.3. The summed E-state index contributed by atoms with van der Waals surface area (Å²) in [6.07, 6.45) is 9.38. The van der Waals surface area contributed by atoms with Crippen LogP contribution >= 0.6 is 0 Å². The third-order valence-corrected chi connectivity index (χ3v) is 8.07. The molecule has 4 heterocycles. The summed E-state index contributed by atoms with van der Waals surface area (Å²) in [5, 5.41) is 7.66. The van der Waals surface area contributed by atoms with Gasteiger partial charge >= 0.3 is 0 Å². The normalized spacial score (nSPS) is 25.0. The van der Waals surface area contributed by atoms with Crippen molar-refractivity contribution in [3.05, 3.63) is 17.0 Å². The molecule has 3 aliphatic heterocycles. The fraction of sp³-hybridized carbons (Fsp3) is 0.833. The van der Waals surface area contributed by atoms with E-state index >= 15 is 0 Å². The molecule has 2 saturated heterocycles. The number of amides is 1. The molecule has 31 heavy (non-hydrogen) atoms. The van der Waals surface area contributed by atoms with Crippen LogP contribution in [0.4, 0.5) is 0 Å². The van der Waals surface area contributed by atoms with E-state index in [1.807, 2.05) is 11.7 Å². The van der Waals surface area contributed by atoms with Gasteiger partial charge in [-0.3, -0.25) is 9.48 Å². The summed E-state index contributed by atoms with van der Waals surface area (Å²) in [7, 11) is 1.98. The number of likely N-dealkylation sites (tertiary alicyclic amines) is 2. The number of carbonyl (C=O) groups is 1. The van der Waals surface area contributed by atoms with Crippen LogP contribution in [0.1, 0.15) is 73.6 Å². The zero-order chi connectivity index (χ0) is 21.4. The third-order valence-electron chi connectivity index (χ3n) is 8.07. The highest BCUT2D eigenvalue weighted by Gasteiger charge is 2.43. The molecule has 1 aromatic heterocycles. The van der Waals surface area contributed by atoms with E-state index in [0.717, 1.165) is 50.5 Å². The van der Waals surface area contributed by atoms with Gasteiger partial charge < -0.3 is 19.9 Å². The van der Waals surface area contributed by atoms with Crippen LogP contribution in [-0.4, -0.2) is 76.4 Å². The number of ether oxygens (including phenoxy) is 1. The largest absolute Gasteiger partial charge is 0.370 e. The molecule has 1 amide bonds. The zero-order valence-corrected chi connectivity index (χ0v) is 19.4. The highest BCUT2D eigenvalue weighted by Crippen LogP contribution is 2.38. The Hall–Kier alpha value is -1.44. The molecule has 1 spiro atoms. The number of hydrogen-bond acceptors (Lipinski definition) is 5. The molecule has 172 valence electrons. The van der Waals surface area contributed by atoms with Crippen LogP contribution in [0.15, 0.2) is 0 Å². The monoisotopic (exact) mass is 429 g/mol. The number of carbonyl (C=O) groups excluding carboxylic acids is 1. The molecule has 1 saturated carbocycles. The standard InChI is InChI=1S/C24H39N5O2/c1-3-10-28-11-6-19(7-12-28)29-13-8-24(9-14-29)15-21-20(17-31-24)22(26-27(21)2)23(30)25-16-18-4-5-18/h18-19H,3-17H2,1-2H3,(H,25,30). The predicted molar refractivity (Wildman–Crippen MR) is 120 cm³/mol. The number of aromatic nitrogens is 2. The Kier molecular flexibility index (Phi) is 6.10. The van der Waals surface area contributed by atoms with Crippen molar-refractivity contribution in [1.82, 2.24) is 24.9 Å². The molecule has 0 unspecified atom stereocenters. The predicted octanol–water partition coefficient (Wildman–Crippen LogP) is 2.34. The van der Waals surface area contributed by atoms with Gasteiger partial charge in [-0.1, -0.05) is 6.92 Å². The minimum absolute atomic E-state index is 0.0347. The van der Waals surface area contributed by atoms with E-state index in [2.05, 4.69) is 27.1 Å². The lowest BCUT2D eigenvalue weighted by atomic mass is 9.82. The fourth-order valence-corrected chi connectivity index (χ4v) is 5.82. The summed E-state index contributed by atoms with van der Waals surface area (Å²) in [6, 6.07) is 0.739. The lowest BCUT2D eigenvalue weighted by Crippen LogP contribution is -2.53. The van der Waals surface area contributed by atoms with E-state index in [4.69, 9.17) is 4.74 Å². The van der Waals surface area contributed by atoms with Gasteiger partial charge in [0.05, 0.1) is 12.2 Å². The first-order valence-corrected chi connectivity index (χ1v) is 12.5. The van der Waals surface area contributed by atoms with E-state index in [9.17, 15) is 4.79 Å². The highest BCUT2D eigenvalue weighted by atomic mass is 16.5. The van der Waals surface area contributed by atoms with Crippen LogP contribution in [-0.2, 0) is 24.8 Å². The zero-order valence-electron chi connectivity index (χ0n) is 19.4. The van der Waals surface area contributed by atoms with E-state index in [1.54, 1.807) is 0 Å². The molecule has 1 aromatic rings. The van der Waals surface area contributed by atoms with Crippen molar-refractivity contribution >= 4 is 5.91 Å². The van der Waals surface area contributed by atoms with Crippen LogP contribution < -0.4 is 5.32 Å². The molecule has 7 heteroatoms. The van der Waals surface area contributed by atoms with Crippen molar-refractivity contribution in [2.24, 2.45) is 13.0 Å². The van der Waals surface area contributed by atoms with E-state index in [-0.39, 0.29) is 11.5 Å². The number of nitrogens with one attached hydrogen (secondary N) is 1. The quantitative estimate of drug-likeness (QED) is 0.752. The maximum absolute atomic E-state index is 12.7. The summed E-state index contributed by atoms with van der Waals surface area (Å²) in [6.45, 7) is 9.57. The maximum Gasteiger partial charge on any atom is 0.272 e. The minimum atomic E-state index is -0.0814. The Labute approximate surface area is 186 Å². The van der Waals surface area contributed by atoms with Gasteiger partial charge in [0.15, 0.2) is 5.69 Å². The summed E-state index contributed by atoms with van der Waals surface area (Å²) >= 11 is 0. The van der Waals surface area contributed by atoms with Gasteiger partial charge in [-0.05, 0) is 70.5 Å². The second-order valence-electron chi connectivity index (χ2n) is 10.3. The lowest BCUT2D eigenvalue weighted by molar-refractivity contribution is -0.110. The van der Waals surface area contributed by atoms with E-state index < -0.39 is 0 Å². The smallest absolute Gasteiger partial charge is 0.272 e. The van der Waals surface area contributed by atoms with Gasteiger partial charge in [-0.15, -0.1) is 0 Å². The molecular weight excluding hydrogens is 390 g/mol. The Morgan fingerprint density at radius 2 is 1.90 bits per heavy atom. The SMILES string of the molecule is CCCN1CCC(N2CCC3(CC2)Cc2c(c(C(=O)NCC4CC4)nn2C)CO3)CC1. The van der Waals surface area contributed by atoms with Crippen LogP contribution in [0, 0.1) is 5.92 Å². The molecule has 0 radical (unpaired) electrons. The Balaban J connectivity index is 1.18. The summed E-state index contributed by atoms with van der Waals surface area (Å²) in [5.74, 6) is 0.639. The first-order chi connectivity index (χ1) is 15.1. The van der Waals surface area contributed by atoms with Crippen molar-refractivity contribution in [2.75, 3.05) is 39.3 Å². The van der Waals surface area contributed by atoms with Crippen LogP contribution in [0.3, 0.4) is 0 Å². The molecular formula is C24H39N5O2. The fourth-order valence-electron chi connectivity index (χ4n) is 5.82. The average Bonchev–Trinajstić information content (AvgIpc) is 3.57. The van der Waals surface area contributed by atoms with Crippen molar-refractivity contribution < 1.29 is 9.53 Å². The van der Waals surface area contributed by atoms with Crippen LogP contribution in [0.2, 0.25) is 0 Å². The van der Waals surface area contributed by atoms with Crippen molar-refractivity contribution in [2.45, 2.75) is 76.5 Å². The van der Waals surface area contributed by atoms with Gasteiger partial charge in [0.25, 0.3) is 5.91 Å². The first kappa shape index (κ1) is 21.4. The van der Waals surface area contributed by atoms with Gasteiger partial charge in [0.2, 0.25) is 0 Å². The molecule has 1 N–H and O–H groups in total. The van der Waals surface area contributed by atoms with Gasteiger partial charge in [-0.2, -0.15) is 5.10 Å². The van der Waals surface area contributed by atoms with Gasteiger partial charge in [-0.25, -0.2) is 0 Å². The lowest BCUT2D eigenvalue weighted by Gasteiger charge is -2.47. The molecule has 7 nitrogen and oxygen atoms in total. The second kappa shape index (κ2) is 8.83. The highest BCUT2D eigenvalue weighted by molar-refractivity contribution is 5.94. The van der Waals surface area contributed by atoms with Gasteiger partial charge in [0.1, 0.15) is 0 Å². The Morgan fingerprint density at radius 1 is 1.16 bits per heavy atom. The minimum Gasteiger partial charge on any atom is -0.370 e.